The Balaban J connectivity index is 1.93. The molecule has 3 rings (SSSR count). The van der Waals surface area contributed by atoms with Crippen molar-refractivity contribution >= 4 is 18.2 Å². The van der Waals surface area contributed by atoms with Gasteiger partial charge in [-0.2, -0.15) is 0 Å². The molecule has 2 heterocycles. The molecule has 1 saturated heterocycles. The first-order chi connectivity index (χ1) is 13.3. The van der Waals surface area contributed by atoms with Crippen molar-refractivity contribution in [3.05, 3.63) is 53.2 Å². The van der Waals surface area contributed by atoms with Crippen LogP contribution in [0.15, 0.2) is 40.4 Å². The van der Waals surface area contributed by atoms with Gasteiger partial charge < -0.3 is 24.6 Å². The van der Waals surface area contributed by atoms with E-state index in [0.717, 1.165) is 12.1 Å². The third kappa shape index (κ3) is 3.49. The second-order valence-electron chi connectivity index (χ2n) is 6.55. The summed E-state index contributed by atoms with van der Waals surface area (Å²) in [6.45, 7) is 5.30. The largest absolute Gasteiger partial charge is 0.387 e. The lowest BCUT2D eigenvalue weighted by atomic mass is 9.99. The molecule has 0 spiro atoms. The molecule has 1 fully saturated rings. The fourth-order valence-electron chi connectivity index (χ4n) is 3.33. The third-order valence-corrected chi connectivity index (χ3v) is 4.85. The van der Waals surface area contributed by atoms with Gasteiger partial charge in [-0.15, -0.1) is 0 Å². The quantitative estimate of drug-likeness (QED) is 0.676. The first-order valence-corrected chi connectivity index (χ1v) is 8.55. The molecule has 9 heteroatoms. The van der Waals surface area contributed by atoms with Gasteiger partial charge in [0.15, 0.2) is 6.23 Å². The van der Waals surface area contributed by atoms with Crippen LogP contribution in [0, 0.1) is 11.6 Å². The van der Waals surface area contributed by atoms with Crippen molar-refractivity contribution in [2.75, 3.05) is 7.05 Å². The van der Waals surface area contributed by atoms with E-state index in [2.05, 4.69) is 16.7 Å². The number of hydrogen-bond acceptors (Lipinski definition) is 6. The summed E-state index contributed by atoms with van der Waals surface area (Å²) in [5.41, 5.74) is 1.23. The Hall–Kier alpha value is -2.46. The van der Waals surface area contributed by atoms with E-state index in [9.17, 15) is 24.1 Å². The third-order valence-electron chi connectivity index (χ3n) is 4.85. The van der Waals surface area contributed by atoms with Gasteiger partial charge in [0, 0.05) is 30.6 Å². The Bertz CT molecular complexity index is 894. The molecule has 0 amide bonds. The summed E-state index contributed by atoms with van der Waals surface area (Å²) in [7, 11) is 1.62. The Kier molecular flexibility index (Phi) is 5.71. The number of ether oxygens (including phenoxy) is 1. The maximum atomic E-state index is 13.5. The molecule has 5 atom stereocenters. The SMILES string of the molecule is C=Nc1c(C(C)=NC)ccn1[C@@H]1O[C@H]([C@@H](O)c2cc(F)cc(F)c2)[C@@H](O)[C@H]1O. The molecular formula is C19H21F2N3O4. The highest BCUT2D eigenvalue weighted by Gasteiger charge is 2.47. The second-order valence-corrected chi connectivity index (χ2v) is 6.55. The van der Waals surface area contributed by atoms with Crippen molar-refractivity contribution < 1.29 is 28.8 Å². The van der Waals surface area contributed by atoms with E-state index in [4.69, 9.17) is 4.74 Å². The minimum absolute atomic E-state index is 0.112. The van der Waals surface area contributed by atoms with Gasteiger partial charge in [0.25, 0.3) is 0 Å². The molecular weight excluding hydrogens is 372 g/mol. The molecule has 1 aromatic heterocycles. The van der Waals surface area contributed by atoms with Crippen LogP contribution in [0.1, 0.15) is 30.4 Å². The van der Waals surface area contributed by atoms with Crippen LogP contribution in [-0.4, -0.2) is 57.7 Å². The lowest BCUT2D eigenvalue weighted by Crippen LogP contribution is -2.34. The monoisotopic (exact) mass is 393 g/mol. The van der Waals surface area contributed by atoms with Gasteiger partial charge in [0.05, 0.1) is 0 Å². The number of hydrogen-bond donors (Lipinski definition) is 3. The average Bonchev–Trinajstić information content (AvgIpc) is 3.21. The summed E-state index contributed by atoms with van der Waals surface area (Å²) in [5, 5.41) is 31.3. The summed E-state index contributed by atoms with van der Waals surface area (Å²) in [6, 6.07) is 4.26. The minimum atomic E-state index is -1.56. The maximum absolute atomic E-state index is 13.5. The van der Waals surface area contributed by atoms with Crippen molar-refractivity contribution in [2.45, 2.75) is 37.6 Å². The van der Waals surface area contributed by atoms with Crippen molar-refractivity contribution in [2.24, 2.45) is 9.98 Å². The van der Waals surface area contributed by atoms with Gasteiger partial charge in [-0.25, -0.2) is 13.8 Å². The molecule has 0 radical (unpaired) electrons. The van der Waals surface area contributed by atoms with Gasteiger partial charge in [0.2, 0.25) is 0 Å². The predicted molar refractivity (Wildman–Crippen MR) is 99.0 cm³/mol. The van der Waals surface area contributed by atoms with Gasteiger partial charge in [-0.3, -0.25) is 4.99 Å². The lowest BCUT2D eigenvalue weighted by Gasteiger charge is -2.21. The fraction of sp³-hybridized carbons (Fsp3) is 0.368. The van der Waals surface area contributed by atoms with E-state index < -0.39 is 42.3 Å². The van der Waals surface area contributed by atoms with Crippen molar-refractivity contribution in [1.82, 2.24) is 4.57 Å². The van der Waals surface area contributed by atoms with Gasteiger partial charge in [0.1, 0.15) is 41.9 Å². The minimum Gasteiger partial charge on any atom is -0.387 e. The van der Waals surface area contributed by atoms with Gasteiger partial charge in [-0.05, 0) is 37.4 Å². The Labute approximate surface area is 160 Å². The Morgan fingerprint density at radius 3 is 2.43 bits per heavy atom. The molecule has 0 bridgehead atoms. The molecule has 1 aliphatic rings. The number of nitrogens with zero attached hydrogens (tertiary/aromatic N) is 3. The first kappa shape index (κ1) is 20.3. The predicted octanol–water partition coefficient (Wildman–Crippen LogP) is 1.89. The second kappa shape index (κ2) is 7.88. The first-order valence-electron chi connectivity index (χ1n) is 8.55. The molecule has 28 heavy (non-hydrogen) atoms. The fourth-order valence-corrected chi connectivity index (χ4v) is 3.33. The molecule has 150 valence electrons. The molecule has 2 aromatic rings. The van der Waals surface area contributed by atoms with Crippen LogP contribution in [-0.2, 0) is 4.74 Å². The molecule has 0 aliphatic carbocycles. The summed E-state index contributed by atoms with van der Waals surface area (Å²) in [6.07, 6.45) is -5.30. The van der Waals surface area contributed by atoms with Crippen LogP contribution in [0.2, 0.25) is 0 Å². The number of aliphatic imine (C=N–C) groups is 2. The van der Waals surface area contributed by atoms with Gasteiger partial charge >= 0.3 is 0 Å². The molecule has 0 unspecified atom stereocenters. The topological polar surface area (TPSA) is 99.6 Å². The number of aliphatic hydroxyl groups excluding tert-OH is 3. The number of benzene rings is 1. The normalized spacial score (nSPS) is 26.5. The van der Waals surface area contributed by atoms with Gasteiger partial charge in [-0.1, -0.05) is 0 Å². The van der Waals surface area contributed by atoms with E-state index in [1.807, 2.05) is 0 Å². The number of rotatable bonds is 5. The summed E-state index contributed by atoms with van der Waals surface area (Å²) >= 11 is 0. The van der Waals surface area contributed by atoms with Crippen LogP contribution < -0.4 is 0 Å². The molecule has 0 saturated carbocycles. The van der Waals surface area contributed by atoms with E-state index in [0.29, 0.717) is 23.2 Å². The molecule has 1 aromatic carbocycles. The van der Waals surface area contributed by atoms with Crippen molar-refractivity contribution in [3.63, 3.8) is 0 Å². The highest BCUT2D eigenvalue weighted by atomic mass is 19.1. The zero-order chi connectivity index (χ0) is 20.6. The highest BCUT2D eigenvalue weighted by Crippen LogP contribution is 2.39. The standard InChI is InChI=1S/C19H21F2N3O4/c1-9(22-2)13-4-5-24(18(13)23-3)19-16(27)15(26)17(28-19)14(25)10-6-11(20)8-12(21)7-10/h4-8,14-17,19,25-27H,3H2,1-2H3/t14-,15-,16+,17+,19+/m0/s1. The van der Waals surface area contributed by atoms with E-state index in [-0.39, 0.29) is 5.56 Å². The zero-order valence-electron chi connectivity index (χ0n) is 15.3. The van der Waals surface area contributed by atoms with Crippen LogP contribution >= 0.6 is 0 Å². The van der Waals surface area contributed by atoms with Crippen LogP contribution in [0.4, 0.5) is 14.6 Å². The molecule has 7 nitrogen and oxygen atoms in total. The van der Waals surface area contributed by atoms with E-state index in [1.54, 1.807) is 26.2 Å². The average molecular weight is 393 g/mol. The van der Waals surface area contributed by atoms with Crippen LogP contribution in [0.3, 0.4) is 0 Å². The van der Waals surface area contributed by atoms with E-state index >= 15 is 0 Å². The summed E-state index contributed by atoms with van der Waals surface area (Å²) in [5.74, 6) is -1.38. The van der Waals surface area contributed by atoms with Crippen molar-refractivity contribution in [3.8, 4) is 0 Å². The Morgan fingerprint density at radius 2 is 1.86 bits per heavy atom. The smallest absolute Gasteiger partial charge is 0.164 e. The lowest BCUT2D eigenvalue weighted by molar-refractivity contribution is -0.0855. The van der Waals surface area contributed by atoms with E-state index in [1.165, 1.54) is 4.57 Å². The number of halogens is 2. The summed E-state index contributed by atoms with van der Waals surface area (Å²) in [4.78, 5) is 8.04. The maximum Gasteiger partial charge on any atom is 0.164 e. The van der Waals surface area contributed by atoms with Crippen LogP contribution in [0.5, 0.6) is 0 Å². The molecule has 1 aliphatic heterocycles. The zero-order valence-corrected chi connectivity index (χ0v) is 15.3. The van der Waals surface area contributed by atoms with Crippen LogP contribution in [0.25, 0.3) is 0 Å². The molecule has 3 N–H and O–H groups in total. The number of aromatic nitrogens is 1. The number of aliphatic hydroxyl groups is 3. The van der Waals surface area contributed by atoms with Crippen molar-refractivity contribution in [1.29, 1.82) is 0 Å². The highest BCUT2D eigenvalue weighted by molar-refractivity contribution is 6.02. The Morgan fingerprint density at radius 1 is 1.21 bits per heavy atom. The summed E-state index contributed by atoms with van der Waals surface area (Å²) < 4.78 is 34.1.